The van der Waals surface area contributed by atoms with E-state index in [2.05, 4.69) is 0 Å². The van der Waals surface area contributed by atoms with E-state index >= 15 is 0 Å². The molecule has 0 amide bonds. The quantitative estimate of drug-likeness (QED) is 0.810. The molecule has 0 radical (unpaired) electrons. The standard InChI is InChI=1S/C12H18O3/c1-4-14-11-6-5-7-12(8-11)15-10(3)9(2)13/h5-10,13H,4H2,1-3H3/t9-,10?/m1/s1. The average molecular weight is 210 g/mol. The highest BCUT2D eigenvalue weighted by Crippen LogP contribution is 2.20. The number of hydrogen-bond acceptors (Lipinski definition) is 3. The molecule has 0 saturated carbocycles. The zero-order chi connectivity index (χ0) is 11.3. The van der Waals surface area contributed by atoms with E-state index in [4.69, 9.17) is 9.47 Å². The average Bonchev–Trinajstić information content (AvgIpc) is 2.18. The van der Waals surface area contributed by atoms with Crippen molar-refractivity contribution in [3.05, 3.63) is 24.3 Å². The summed E-state index contributed by atoms with van der Waals surface area (Å²) < 4.78 is 10.9. The summed E-state index contributed by atoms with van der Waals surface area (Å²) in [6.45, 7) is 6.11. The predicted molar refractivity (Wildman–Crippen MR) is 59.4 cm³/mol. The van der Waals surface area contributed by atoms with Gasteiger partial charge >= 0.3 is 0 Å². The Bertz CT molecular complexity index is 297. The van der Waals surface area contributed by atoms with Gasteiger partial charge in [0.2, 0.25) is 0 Å². The molecular weight excluding hydrogens is 192 g/mol. The number of ether oxygens (including phenoxy) is 2. The van der Waals surface area contributed by atoms with Crippen molar-refractivity contribution in [1.82, 2.24) is 0 Å². The Morgan fingerprint density at radius 3 is 2.53 bits per heavy atom. The third kappa shape index (κ3) is 3.80. The van der Waals surface area contributed by atoms with Crippen molar-refractivity contribution in [2.75, 3.05) is 6.61 Å². The second-order valence-electron chi connectivity index (χ2n) is 3.47. The second-order valence-corrected chi connectivity index (χ2v) is 3.47. The van der Waals surface area contributed by atoms with Crippen LogP contribution in [0.2, 0.25) is 0 Å². The van der Waals surface area contributed by atoms with Crippen LogP contribution in [-0.4, -0.2) is 23.9 Å². The molecule has 0 saturated heterocycles. The number of aliphatic hydroxyl groups is 1. The molecule has 0 aliphatic heterocycles. The third-order valence-corrected chi connectivity index (χ3v) is 2.12. The highest BCUT2D eigenvalue weighted by atomic mass is 16.5. The first kappa shape index (κ1) is 11.9. The molecule has 0 bridgehead atoms. The summed E-state index contributed by atoms with van der Waals surface area (Å²) in [5.41, 5.74) is 0. The molecule has 3 heteroatoms. The molecule has 1 unspecified atom stereocenters. The molecule has 0 spiro atoms. The van der Waals surface area contributed by atoms with Crippen molar-refractivity contribution in [3.63, 3.8) is 0 Å². The van der Waals surface area contributed by atoms with E-state index in [1.807, 2.05) is 38.1 Å². The molecule has 1 aromatic rings. The van der Waals surface area contributed by atoms with E-state index in [9.17, 15) is 5.11 Å². The molecule has 1 aromatic carbocycles. The van der Waals surface area contributed by atoms with Crippen LogP contribution in [0.3, 0.4) is 0 Å². The van der Waals surface area contributed by atoms with E-state index in [0.29, 0.717) is 12.4 Å². The summed E-state index contributed by atoms with van der Waals surface area (Å²) in [5.74, 6) is 1.50. The lowest BCUT2D eigenvalue weighted by Crippen LogP contribution is -2.25. The lowest BCUT2D eigenvalue weighted by molar-refractivity contribution is 0.0603. The maximum Gasteiger partial charge on any atom is 0.123 e. The SMILES string of the molecule is CCOc1cccc(OC(C)[C@@H](C)O)c1. The van der Waals surface area contributed by atoms with Gasteiger partial charge in [0, 0.05) is 6.07 Å². The zero-order valence-corrected chi connectivity index (χ0v) is 9.43. The Balaban J connectivity index is 2.64. The summed E-state index contributed by atoms with van der Waals surface area (Å²) in [6, 6.07) is 7.42. The molecular formula is C12H18O3. The molecule has 84 valence electrons. The molecule has 1 rings (SSSR count). The molecule has 0 aliphatic rings. The van der Waals surface area contributed by atoms with Gasteiger partial charge in [-0.25, -0.2) is 0 Å². The van der Waals surface area contributed by atoms with Crippen LogP contribution in [0.1, 0.15) is 20.8 Å². The Labute approximate surface area is 90.6 Å². The van der Waals surface area contributed by atoms with E-state index in [0.717, 1.165) is 5.75 Å². The van der Waals surface area contributed by atoms with E-state index in [-0.39, 0.29) is 6.10 Å². The summed E-state index contributed by atoms with van der Waals surface area (Å²) in [6.07, 6.45) is -0.706. The fourth-order valence-electron chi connectivity index (χ4n) is 1.12. The van der Waals surface area contributed by atoms with E-state index in [1.165, 1.54) is 0 Å². The lowest BCUT2D eigenvalue weighted by Gasteiger charge is -2.17. The molecule has 0 aromatic heterocycles. The Kier molecular flexibility index (Phi) is 4.43. The van der Waals surface area contributed by atoms with Crippen molar-refractivity contribution in [1.29, 1.82) is 0 Å². The van der Waals surface area contributed by atoms with Gasteiger partial charge in [-0.1, -0.05) is 6.07 Å². The second kappa shape index (κ2) is 5.61. The molecule has 0 fully saturated rings. The van der Waals surface area contributed by atoms with Gasteiger partial charge in [0.25, 0.3) is 0 Å². The number of benzene rings is 1. The number of rotatable bonds is 5. The van der Waals surface area contributed by atoms with Gasteiger partial charge in [-0.05, 0) is 32.9 Å². The fourth-order valence-corrected chi connectivity index (χ4v) is 1.12. The highest BCUT2D eigenvalue weighted by molar-refractivity contribution is 5.33. The minimum Gasteiger partial charge on any atom is -0.494 e. The Morgan fingerprint density at radius 1 is 1.27 bits per heavy atom. The van der Waals surface area contributed by atoms with Crippen LogP contribution in [0.4, 0.5) is 0 Å². The van der Waals surface area contributed by atoms with Gasteiger partial charge in [-0.3, -0.25) is 0 Å². The van der Waals surface area contributed by atoms with Crippen LogP contribution in [-0.2, 0) is 0 Å². The highest BCUT2D eigenvalue weighted by Gasteiger charge is 2.10. The summed E-state index contributed by atoms with van der Waals surface area (Å²) in [7, 11) is 0. The van der Waals surface area contributed by atoms with Crippen LogP contribution < -0.4 is 9.47 Å². The molecule has 3 nitrogen and oxygen atoms in total. The van der Waals surface area contributed by atoms with Crippen LogP contribution in [0.25, 0.3) is 0 Å². The van der Waals surface area contributed by atoms with Crippen LogP contribution in [0.15, 0.2) is 24.3 Å². The van der Waals surface area contributed by atoms with Crippen molar-refractivity contribution in [3.8, 4) is 11.5 Å². The van der Waals surface area contributed by atoms with Crippen LogP contribution in [0.5, 0.6) is 11.5 Å². The summed E-state index contributed by atoms with van der Waals surface area (Å²) in [4.78, 5) is 0. The van der Waals surface area contributed by atoms with Crippen molar-refractivity contribution >= 4 is 0 Å². The first-order valence-corrected chi connectivity index (χ1v) is 5.21. The number of aliphatic hydroxyl groups excluding tert-OH is 1. The molecule has 2 atom stereocenters. The number of hydrogen-bond donors (Lipinski definition) is 1. The lowest BCUT2D eigenvalue weighted by atomic mass is 10.2. The molecule has 0 aliphatic carbocycles. The van der Waals surface area contributed by atoms with Gasteiger partial charge in [-0.2, -0.15) is 0 Å². The van der Waals surface area contributed by atoms with E-state index in [1.54, 1.807) is 6.92 Å². The Morgan fingerprint density at radius 2 is 1.93 bits per heavy atom. The topological polar surface area (TPSA) is 38.7 Å². The van der Waals surface area contributed by atoms with Crippen molar-refractivity contribution < 1.29 is 14.6 Å². The zero-order valence-electron chi connectivity index (χ0n) is 9.43. The smallest absolute Gasteiger partial charge is 0.123 e. The van der Waals surface area contributed by atoms with Gasteiger partial charge in [0.1, 0.15) is 17.6 Å². The first-order chi connectivity index (χ1) is 7.13. The van der Waals surface area contributed by atoms with Crippen molar-refractivity contribution in [2.45, 2.75) is 33.0 Å². The first-order valence-electron chi connectivity index (χ1n) is 5.21. The van der Waals surface area contributed by atoms with Gasteiger partial charge in [-0.15, -0.1) is 0 Å². The maximum atomic E-state index is 9.30. The monoisotopic (exact) mass is 210 g/mol. The van der Waals surface area contributed by atoms with E-state index < -0.39 is 6.10 Å². The fraction of sp³-hybridized carbons (Fsp3) is 0.500. The third-order valence-electron chi connectivity index (χ3n) is 2.12. The normalized spacial score (nSPS) is 14.4. The van der Waals surface area contributed by atoms with Crippen LogP contribution in [0, 0.1) is 0 Å². The molecule has 1 N–H and O–H groups in total. The largest absolute Gasteiger partial charge is 0.494 e. The predicted octanol–water partition coefficient (Wildman–Crippen LogP) is 2.23. The summed E-state index contributed by atoms with van der Waals surface area (Å²) >= 11 is 0. The van der Waals surface area contributed by atoms with Crippen LogP contribution >= 0.6 is 0 Å². The maximum absolute atomic E-state index is 9.30. The van der Waals surface area contributed by atoms with Gasteiger partial charge in [0.05, 0.1) is 12.7 Å². The van der Waals surface area contributed by atoms with Gasteiger partial charge in [0.15, 0.2) is 0 Å². The molecule has 0 heterocycles. The van der Waals surface area contributed by atoms with Gasteiger partial charge < -0.3 is 14.6 Å². The Hall–Kier alpha value is -1.22. The molecule has 15 heavy (non-hydrogen) atoms. The summed E-state index contributed by atoms with van der Waals surface area (Å²) in [5, 5.41) is 9.30. The minimum atomic E-state index is -0.485. The van der Waals surface area contributed by atoms with Crippen molar-refractivity contribution in [2.24, 2.45) is 0 Å². The minimum absolute atomic E-state index is 0.220.